The summed E-state index contributed by atoms with van der Waals surface area (Å²) in [7, 11) is 0. The third kappa shape index (κ3) is 7.52. The molecule has 0 spiro atoms. The predicted octanol–water partition coefficient (Wildman–Crippen LogP) is 6.25. The molecule has 4 aliphatic carbocycles. The van der Waals surface area contributed by atoms with Crippen molar-refractivity contribution in [3.05, 3.63) is 106 Å². The zero-order valence-corrected chi connectivity index (χ0v) is 29.9. The molecule has 2 heterocycles. The van der Waals surface area contributed by atoms with E-state index < -0.39 is 0 Å². The van der Waals surface area contributed by atoms with Crippen molar-refractivity contribution in [2.75, 3.05) is 10.6 Å². The molecule has 0 saturated heterocycles. The van der Waals surface area contributed by atoms with E-state index in [9.17, 15) is 19.8 Å². The van der Waals surface area contributed by atoms with Crippen LogP contribution in [-0.2, 0) is 13.1 Å². The molecule has 52 heavy (non-hydrogen) atoms. The predicted molar refractivity (Wildman–Crippen MR) is 201 cm³/mol. The van der Waals surface area contributed by atoms with Crippen LogP contribution < -0.4 is 21.3 Å². The Balaban J connectivity index is 0.959. The van der Waals surface area contributed by atoms with Crippen molar-refractivity contribution in [3.8, 4) is 11.1 Å². The number of hydrogen-bond donors (Lipinski definition) is 6. The van der Waals surface area contributed by atoms with Gasteiger partial charge >= 0.3 is 0 Å². The number of hydrogen-bond acceptors (Lipinski definition) is 8. The summed E-state index contributed by atoms with van der Waals surface area (Å²) in [6.45, 7) is 5.37. The van der Waals surface area contributed by atoms with E-state index in [2.05, 4.69) is 31.2 Å². The minimum absolute atomic E-state index is 0.200. The number of benzene rings is 2. The van der Waals surface area contributed by atoms with Crippen molar-refractivity contribution in [1.82, 2.24) is 20.6 Å². The van der Waals surface area contributed by atoms with Crippen molar-refractivity contribution in [2.45, 2.75) is 114 Å². The van der Waals surface area contributed by atoms with Gasteiger partial charge in [-0.25, -0.2) is 0 Å². The molecule has 10 nitrogen and oxygen atoms in total. The summed E-state index contributed by atoms with van der Waals surface area (Å²) in [6.07, 6.45) is 10.9. The monoisotopic (exact) mass is 700 g/mol. The van der Waals surface area contributed by atoms with Crippen LogP contribution in [0.1, 0.15) is 118 Å². The number of aromatic nitrogens is 2. The molecule has 2 aromatic heterocycles. The molecule has 8 rings (SSSR count). The van der Waals surface area contributed by atoms with Crippen LogP contribution in [0.2, 0.25) is 0 Å². The Labute approximate surface area is 304 Å². The largest absolute Gasteiger partial charge is 0.393 e. The third-order valence-electron chi connectivity index (χ3n) is 11.4. The number of rotatable bonds is 13. The van der Waals surface area contributed by atoms with Gasteiger partial charge in [0.15, 0.2) is 0 Å². The van der Waals surface area contributed by atoms with Crippen molar-refractivity contribution < 1.29 is 19.8 Å². The standard InChI is InChI=1S/C42H48N6O4/c1-23-33(5-3-7-37(23)47-41(51)39-17-35(25-9-10-25)27(21-45-39)19-43-29-13-31(49)14-29)34-6-4-8-38(24(34)2)48-42(52)40-18-36(26-11-12-26)28(22-46-40)20-44-30-15-32(50)16-30/h3-8,17-18,21-22,25-26,29-32,43-44,49-50H,9-16,19-20H2,1-2H3,(H,47,51)(H,48,52). The van der Waals surface area contributed by atoms with Crippen molar-refractivity contribution in [3.63, 3.8) is 0 Å². The minimum atomic E-state index is -0.247. The fourth-order valence-electron chi connectivity index (χ4n) is 7.61. The molecule has 6 N–H and O–H groups in total. The van der Waals surface area contributed by atoms with Crippen LogP contribution in [0.5, 0.6) is 0 Å². The number of carbonyl (C=O) groups is 2. The average Bonchev–Trinajstić information content (AvgIpc) is 4.04. The van der Waals surface area contributed by atoms with E-state index in [0.29, 0.717) is 59.8 Å². The lowest BCUT2D eigenvalue weighted by Crippen LogP contribution is -2.43. The summed E-state index contributed by atoms with van der Waals surface area (Å²) in [4.78, 5) is 36.2. The molecule has 10 heteroatoms. The Morgan fingerprint density at radius 2 is 1.06 bits per heavy atom. The number of aliphatic hydroxyl groups is 2. The van der Waals surface area contributed by atoms with E-state index >= 15 is 0 Å². The first-order valence-corrected chi connectivity index (χ1v) is 18.8. The number of nitrogens with zero attached hydrogens (tertiary/aromatic N) is 2. The molecule has 0 bridgehead atoms. The Kier molecular flexibility index (Phi) is 9.65. The lowest BCUT2D eigenvalue weighted by atomic mass is 9.89. The zero-order chi connectivity index (χ0) is 35.9. The SMILES string of the molecule is Cc1c(NC(=O)c2cc(C3CC3)c(CNC3CC(O)C3)cn2)cccc1-c1cccc(NC(=O)c2cc(C3CC3)c(CNC3CC(O)C3)cn2)c1C. The van der Waals surface area contributed by atoms with Gasteiger partial charge in [-0.15, -0.1) is 0 Å². The Morgan fingerprint density at radius 3 is 1.42 bits per heavy atom. The van der Waals surface area contributed by atoms with Gasteiger partial charge in [-0.3, -0.25) is 19.6 Å². The summed E-state index contributed by atoms with van der Waals surface area (Å²) in [6, 6.07) is 16.3. The van der Waals surface area contributed by atoms with Crippen LogP contribution in [0.4, 0.5) is 11.4 Å². The second-order valence-electron chi connectivity index (χ2n) is 15.4. The molecule has 270 valence electrons. The average molecular weight is 701 g/mol. The van der Waals surface area contributed by atoms with Gasteiger partial charge in [-0.05, 0) is 146 Å². The van der Waals surface area contributed by atoms with Crippen LogP contribution >= 0.6 is 0 Å². The lowest BCUT2D eigenvalue weighted by molar-refractivity contribution is 0.0615. The molecule has 2 aromatic carbocycles. The highest BCUT2D eigenvalue weighted by molar-refractivity contribution is 6.05. The summed E-state index contributed by atoms with van der Waals surface area (Å²) in [5, 5.41) is 32.5. The van der Waals surface area contributed by atoms with E-state index in [0.717, 1.165) is 84.7 Å². The summed E-state index contributed by atoms with van der Waals surface area (Å²) in [5.41, 5.74) is 10.6. The van der Waals surface area contributed by atoms with E-state index in [4.69, 9.17) is 0 Å². The molecule has 0 radical (unpaired) electrons. The van der Waals surface area contributed by atoms with Gasteiger partial charge in [0, 0.05) is 48.9 Å². The first kappa shape index (κ1) is 34.6. The number of nitrogens with one attached hydrogen (secondary N) is 4. The van der Waals surface area contributed by atoms with Crippen molar-refractivity contribution >= 4 is 23.2 Å². The van der Waals surface area contributed by atoms with E-state index in [1.807, 2.05) is 74.8 Å². The topological polar surface area (TPSA) is 148 Å². The van der Waals surface area contributed by atoms with Crippen LogP contribution in [-0.4, -0.2) is 56.3 Å². The normalized spacial score (nSPS) is 22.3. The number of pyridine rings is 2. The van der Waals surface area contributed by atoms with Gasteiger partial charge in [0.2, 0.25) is 0 Å². The highest BCUT2D eigenvalue weighted by atomic mass is 16.3. The Hall–Kier alpha value is -4.48. The fraction of sp³-hybridized carbons (Fsp3) is 0.429. The number of aliphatic hydroxyl groups excluding tert-OH is 2. The molecule has 4 saturated carbocycles. The molecular formula is C42H48N6O4. The number of anilines is 2. The maximum Gasteiger partial charge on any atom is 0.274 e. The smallest absolute Gasteiger partial charge is 0.274 e. The molecule has 0 aliphatic heterocycles. The molecule has 4 fully saturated rings. The van der Waals surface area contributed by atoms with Crippen LogP contribution in [0.3, 0.4) is 0 Å². The quantitative estimate of drug-likeness (QED) is 0.0960. The van der Waals surface area contributed by atoms with Gasteiger partial charge in [0.25, 0.3) is 11.8 Å². The number of carbonyl (C=O) groups excluding carboxylic acids is 2. The van der Waals surface area contributed by atoms with Crippen molar-refractivity contribution in [1.29, 1.82) is 0 Å². The van der Waals surface area contributed by atoms with Crippen LogP contribution in [0.25, 0.3) is 11.1 Å². The minimum Gasteiger partial charge on any atom is -0.393 e. The van der Waals surface area contributed by atoms with Crippen LogP contribution in [0.15, 0.2) is 60.9 Å². The summed E-state index contributed by atoms with van der Waals surface area (Å²) < 4.78 is 0. The zero-order valence-electron chi connectivity index (χ0n) is 29.9. The van der Waals surface area contributed by atoms with Gasteiger partial charge in [0.1, 0.15) is 11.4 Å². The van der Waals surface area contributed by atoms with Gasteiger partial charge in [-0.2, -0.15) is 0 Å². The highest BCUT2D eigenvalue weighted by Crippen LogP contribution is 2.43. The number of amides is 2. The van der Waals surface area contributed by atoms with E-state index in [1.54, 1.807) is 0 Å². The maximum atomic E-state index is 13.6. The lowest BCUT2D eigenvalue weighted by Gasteiger charge is -2.32. The van der Waals surface area contributed by atoms with E-state index in [-0.39, 0.29) is 24.0 Å². The maximum absolute atomic E-state index is 13.6. The summed E-state index contributed by atoms with van der Waals surface area (Å²) in [5.74, 6) is 0.432. The second-order valence-corrected chi connectivity index (χ2v) is 15.4. The third-order valence-corrected chi connectivity index (χ3v) is 11.4. The van der Waals surface area contributed by atoms with Crippen molar-refractivity contribution in [2.24, 2.45) is 0 Å². The van der Waals surface area contributed by atoms with Gasteiger partial charge in [-0.1, -0.05) is 24.3 Å². The Morgan fingerprint density at radius 1 is 0.654 bits per heavy atom. The van der Waals surface area contributed by atoms with E-state index in [1.165, 1.54) is 11.1 Å². The second kappa shape index (κ2) is 14.5. The molecule has 0 unspecified atom stereocenters. The first-order valence-electron chi connectivity index (χ1n) is 18.8. The molecule has 2 amide bonds. The molecule has 4 aromatic rings. The highest BCUT2D eigenvalue weighted by Gasteiger charge is 2.31. The Bertz CT molecular complexity index is 1850. The fourth-order valence-corrected chi connectivity index (χ4v) is 7.61. The molecule has 0 atom stereocenters. The molecule has 4 aliphatic rings. The van der Waals surface area contributed by atoms with Crippen LogP contribution in [0, 0.1) is 13.8 Å². The summed E-state index contributed by atoms with van der Waals surface area (Å²) >= 11 is 0. The van der Waals surface area contributed by atoms with Gasteiger partial charge < -0.3 is 31.5 Å². The first-order chi connectivity index (χ1) is 25.2. The molecular weight excluding hydrogens is 652 g/mol. The van der Waals surface area contributed by atoms with Gasteiger partial charge in [0.05, 0.1) is 12.2 Å².